The second-order valence-electron chi connectivity index (χ2n) is 3.42. The number of hydrogen-bond acceptors (Lipinski definition) is 2. The van der Waals surface area contributed by atoms with Crippen LogP contribution in [0.1, 0.15) is 27.2 Å². The number of nitrogens with zero attached hydrogens (tertiary/aromatic N) is 1. The summed E-state index contributed by atoms with van der Waals surface area (Å²) in [5.41, 5.74) is 3.05. The number of hydrogen-bond donors (Lipinski definition) is 0. The predicted octanol–water partition coefficient (Wildman–Crippen LogP) is 3.16. The lowest BCUT2D eigenvalue weighted by Gasteiger charge is -2.25. The molecule has 0 aromatic heterocycles. The second-order valence-corrected chi connectivity index (χ2v) is 3.42. The minimum atomic E-state index is 0.679. The molecule has 15 heavy (non-hydrogen) atoms. The maximum absolute atomic E-state index is 10.9. The van der Waals surface area contributed by atoms with Crippen LogP contribution in [0.15, 0.2) is 47.5 Å². The SMILES string of the molecule is C/C=C(/C=O)N1C=CC=CC1=C(C)CC. The molecule has 0 N–H and O–H groups in total. The van der Waals surface area contributed by atoms with E-state index < -0.39 is 0 Å². The molecular formula is C13H17NO. The quantitative estimate of drug-likeness (QED) is 0.518. The first-order valence-corrected chi connectivity index (χ1v) is 5.20. The van der Waals surface area contributed by atoms with Crippen LogP contribution in [-0.4, -0.2) is 11.2 Å². The van der Waals surface area contributed by atoms with Crippen LogP contribution in [0.2, 0.25) is 0 Å². The van der Waals surface area contributed by atoms with E-state index in [0.29, 0.717) is 5.70 Å². The van der Waals surface area contributed by atoms with Gasteiger partial charge in [-0.3, -0.25) is 4.79 Å². The third kappa shape index (κ3) is 2.46. The molecule has 1 aliphatic heterocycles. The van der Waals surface area contributed by atoms with Gasteiger partial charge in [-0.15, -0.1) is 0 Å². The van der Waals surface area contributed by atoms with Crippen LogP contribution in [0.4, 0.5) is 0 Å². The van der Waals surface area contributed by atoms with Crippen LogP contribution >= 0.6 is 0 Å². The van der Waals surface area contributed by atoms with Crippen LogP contribution in [0.25, 0.3) is 0 Å². The van der Waals surface area contributed by atoms with E-state index in [1.165, 1.54) is 5.57 Å². The van der Waals surface area contributed by atoms with Gasteiger partial charge in [0.2, 0.25) is 0 Å². The van der Waals surface area contributed by atoms with Crippen LogP contribution in [0, 0.1) is 0 Å². The van der Waals surface area contributed by atoms with Crippen LogP contribution in [0.5, 0.6) is 0 Å². The molecule has 0 amide bonds. The first kappa shape index (κ1) is 11.5. The van der Waals surface area contributed by atoms with E-state index in [9.17, 15) is 4.79 Å². The van der Waals surface area contributed by atoms with Gasteiger partial charge in [-0.1, -0.05) is 19.1 Å². The largest absolute Gasteiger partial charge is 0.315 e. The zero-order chi connectivity index (χ0) is 11.3. The molecule has 0 spiro atoms. The van der Waals surface area contributed by atoms with Crippen molar-refractivity contribution in [3.05, 3.63) is 47.5 Å². The molecule has 0 radical (unpaired) electrons. The third-order valence-corrected chi connectivity index (χ3v) is 2.52. The van der Waals surface area contributed by atoms with Crippen molar-refractivity contribution in [1.29, 1.82) is 0 Å². The minimum Gasteiger partial charge on any atom is -0.315 e. The monoisotopic (exact) mass is 203 g/mol. The van der Waals surface area contributed by atoms with E-state index in [1.807, 2.05) is 42.3 Å². The van der Waals surface area contributed by atoms with Crippen molar-refractivity contribution in [2.75, 3.05) is 0 Å². The Hall–Kier alpha value is -1.57. The number of rotatable bonds is 3. The topological polar surface area (TPSA) is 20.3 Å². The zero-order valence-electron chi connectivity index (χ0n) is 9.53. The van der Waals surface area contributed by atoms with Gasteiger partial charge < -0.3 is 4.90 Å². The summed E-state index contributed by atoms with van der Waals surface area (Å²) < 4.78 is 0. The van der Waals surface area contributed by atoms with E-state index in [1.54, 1.807) is 0 Å². The lowest BCUT2D eigenvalue weighted by molar-refractivity contribution is -0.105. The predicted molar refractivity (Wildman–Crippen MR) is 62.9 cm³/mol. The molecule has 0 aliphatic carbocycles. The van der Waals surface area contributed by atoms with Gasteiger partial charge in [0.15, 0.2) is 6.29 Å². The molecule has 0 fully saturated rings. The van der Waals surface area contributed by atoms with Crippen molar-refractivity contribution in [2.45, 2.75) is 27.2 Å². The summed E-state index contributed by atoms with van der Waals surface area (Å²) in [5.74, 6) is 0. The maximum Gasteiger partial charge on any atom is 0.166 e. The molecular weight excluding hydrogens is 186 g/mol. The van der Waals surface area contributed by atoms with Gasteiger partial charge in [0, 0.05) is 11.9 Å². The average molecular weight is 203 g/mol. The molecule has 80 valence electrons. The number of carbonyl (C=O) groups excluding carboxylic acids is 1. The third-order valence-electron chi connectivity index (χ3n) is 2.52. The molecule has 0 bridgehead atoms. The van der Waals surface area contributed by atoms with Crippen LogP contribution < -0.4 is 0 Å². The Morgan fingerprint density at radius 2 is 2.20 bits per heavy atom. The summed E-state index contributed by atoms with van der Waals surface area (Å²) in [6.45, 7) is 6.07. The highest BCUT2D eigenvalue weighted by Gasteiger charge is 2.12. The van der Waals surface area contributed by atoms with Crippen molar-refractivity contribution in [3.8, 4) is 0 Å². The Kier molecular flexibility index (Phi) is 4.10. The standard InChI is InChI=1S/C13H17NO/c1-4-11(3)13-8-6-7-9-14(13)12(5-2)10-15/h5-10H,4H2,1-3H3/b12-5-,13-11?. The van der Waals surface area contributed by atoms with Crippen molar-refractivity contribution >= 4 is 6.29 Å². The van der Waals surface area contributed by atoms with Gasteiger partial charge in [0.05, 0.1) is 5.70 Å². The Bertz CT molecular complexity index is 359. The highest BCUT2D eigenvalue weighted by molar-refractivity contribution is 5.73. The summed E-state index contributed by atoms with van der Waals surface area (Å²) in [5, 5.41) is 0. The van der Waals surface area contributed by atoms with Gasteiger partial charge in [-0.25, -0.2) is 0 Å². The van der Waals surface area contributed by atoms with Gasteiger partial charge in [0.25, 0.3) is 0 Å². The summed E-state index contributed by atoms with van der Waals surface area (Å²) >= 11 is 0. The van der Waals surface area contributed by atoms with Crippen LogP contribution in [-0.2, 0) is 4.79 Å². The van der Waals surface area contributed by atoms with Gasteiger partial charge in [-0.2, -0.15) is 0 Å². The fraction of sp³-hybridized carbons (Fsp3) is 0.308. The summed E-state index contributed by atoms with van der Waals surface area (Å²) in [6, 6.07) is 0. The fourth-order valence-electron chi connectivity index (χ4n) is 1.46. The summed E-state index contributed by atoms with van der Waals surface area (Å²) in [4.78, 5) is 12.8. The molecule has 1 heterocycles. The smallest absolute Gasteiger partial charge is 0.166 e. The highest BCUT2D eigenvalue weighted by Crippen LogP contribution is 2.22. The van der Waals surface area contributed by atoms with E-state index in [2.05, 4.69) is 13.8 Å². The molecule has 0 unspecified atom stereocenters. The Morgan fingerprint density at radius 1 is 1.47 bits per heavy atom. The van der Waals surface area contributed by atoms with Crippen molar-refractivity contribution in [2.24, 2.45) is 0 Å². The molecule has 2 heteroatoms. The second kappa shape index (κ2) is 5.35. The Morgan fingerprint density at radius 3 is 2.73 bits per heavy atom. The van der Waals surface area contributed by atoms with Crippen LogP contribution in [0.3, 0.4) is 0 Å². The Balaban J connectivity index is 3.11. The van der Waals surface area contributed by atoms with Gasteiger partial charge in [0.1, 0.15) is 0 Å². The fourth-order valence-corrected chi connectivity index (χ4v) is 1.46. The van der Waals surface area contributed by atoms with Crippen molar-refractivity contribution in [3.63, 3.8) is 0 Å². The van der Waals surface area contributed by atoms with E-state index in [0.717, 1.165) is 18.4 Å². The number of carbonyl (C=O) groups is 1. The highest BCUT2D eigenvalue weighted by atomic mass is 16.1. The summed E-state index contributed by atoms with van der Waals surface area (Å²) in [6.07, 6.45) is 11.6. The first-order chi connectivity index (χ1) is 7.24. The van der Waals surface area contributed by atoms with Gasteiger partial charge >= 0.3 is 0 Å². The average Bonchev–Trinajstić information content (AvgIpc) is 2.30. The van der Waals surface area contributed by atoms with E-state index >= 15 is 0 Å². The van der Waals surface area contributed by atoms with E-state index in [-0.39, 0.29) is 0 Å². The molecule has 0 saturated carbocycles. The summed E-state index contributed by atoms with van der Waals surface area (Å²) in [7, 11) is 0. The minimum absolute atomic E-state index is 0.679. The van der Waals surface area contributed by atoms with Gasteiger partial charge in [-0.05, 0) is 38.0 Å². The number of allylic oxidation sites excluding steroid dienone is 6. The first-order valence-electron chi connectivity index (χ1n) is 5.20. The normalized spacial score (nSPS) is 19.4. The van der Waals surface area contributed by atoms with Crippen molar-refractivity contribution in [1.82, 2.24) is 4.90 Å². The Labute approximate surface area is 91.3 Å². The molecule has 1 aliphatic rings. The molecule has 0 aromatic carbocycles. The molecule has 2 nitrogen and oxygen atoms in total. The molecule has 1 rings (SSSR count). The number of aldehydes is 1. The zero-order valence-corrected chi connectivity index (χ0v) is 9.53. The lowest BCUT2D eigenvalue weighted by atomic mass is 10.1. The maximum atomic E-state index is 10.9. The lowest BCUT2D eigenvalue weighted by Crippen LogP contribution is -2.18. The molecule has 0 aromatic rings. The van der Waals surface area contributed by atoms with E-state index in [4.69, 9.17) is 0 Å². The van der Waals surface area contributed by atoms with Crippen molar-refractivity contribution < 1.29 is 4.79 Å². The molecule has 0 atom stereocenters. The molecule has 0 saturated heterocycles.